The average Bonchev–Trinajstić information content (AvgIpc) is 2.74. The SMILES string of the molecule is C[C@H](CC(C)(C)c1ccccc1)NC(=O)c1cccc(S(=O)(=O)N2CCN(C)CC2)c1. The van der Waals surface area contributed by atoms with E-state index in [1.165, 1.54) is 15.9 Å². The van der Waals surface area contributed by atoms with Crippen molar-refractivity contribution in [3.8, 4) is 0 Å². The molecule has 1 atom stereocenters. The Labute approximate surface area is 186 Å². The van der Waals surface area contributed by atoms with E-state index in [4.69, 9.17) is 0 Å². The topological polar surface area (TPSA) is 69.7 Å². The minimum atomic E-state index is -3.61. The van der Waals surface area contributed by atoms with Crippen LogP contribution >= 0.6 is 0 Å². The van der Waals surface area contributed by atoms with Gasteiger partial charge in [0.05, 0.1) is 4.90 Å². The Morgan fingerprint density at radius 1 is 1.03 bits per heavy atom. The van der Waals surface area contributed by atoms with Gasteiger partial charge in [0.25, 0.3) is 5.91 Å². The standard InChI is InChI=1S/C24H33N3O3S/c1-19(18-24(2,3)21-10-6-5-7-11-21)25-23(28)20-9-8-12-22(17-20)31(29,30)27-15-13-26(4)14-16-27/h5-12,17,19H,13-16,18H2,1-4H3,(H,25,28)/t19-/m1/s1. The molecule has 0 aromatic heterocycles. The number of likely N-dealkylation sites (N-methyl/N-ethyl adjacent to an activating group) is 1. The van der Waals surface area contributed by atoms with Crippen molar-refractivity contribution in [1.82, 2.24) is 14.5 Å². The summed E-state index contributed by atoms with van der Waals surface area (Å²) in [7, 11) is -1.63. The third-order valence-corrected chi connectivity index (χ3v) is 7.84. The number of benzene rings is 2. The van der Waals surface area contributed by atoms with Crippen LogP contribution in [0.5, 0.6) is 0 Å². The molecular weight excluding hydrogens is 410 g/mol. The third kappa shape index (κ3) is 5.73. The summed E-state index contributed by atoms with van der Waals surface area (Å²) in [5.74, 6) is -0.258. The summed E-state index contributed by atoms with van der Waals surface area (Å²) in [6, 6.07) is 16.5. The fourth-order valence-corrected chi connectivity index (χ4v) is 5.57. The van der Waals surface area contributed by atoms with E-state index in [9.17, 15) is 13.2 Å². The number of amides is 1. The molecule has 1 saturated heterocycles. The molecule has 168 valence electrons. The van der Waals surface area contributed by atoms with Crippen LogP contribution in [0.2, 0.25) is 0 Å². The molecular formula is C24H33N3O3S. The van der Waals surface area contributed by atoms with E-state index in [1.54, 1.807) is 18.2 Å². The van der Waals surface area contributed by atoms with E-state index in [-0.39, 0.29) is 22.3 Å². The summed E-state index contributed by atoms with van der Waals surface area (Å²) in [6.07, 6.45) is 0.766. The first kappa shape index (κ1) is 23.4. The second-order valence-electron chi connectivity index (χ2n) is 9.06. The minimum absolute atomic E-state index is 0.0689. The first-order chi connectivity index (χ1) is 14.6. The maximum absolute atomic E-state index is 13.0. The molecule has 0 radical (unpaired) electrons. The summed E-state index contributed by atoms with van der Waals surface area (Å²) in [5, 5.41) is 3.03. The van der Waals surface area contributed by atoms with Crippen LogP contribution in [0.1, 0.15) is 43.1 Å². The van der Waals surface area contributed by atoms with Crippen molar-refractivity contribution in [2.75, 3.05) is 33.2 Å². The molecule has 0 spiro atoms. The molecule has 2 aromatic rings. The van der Waals surface area contributed by atoms with Gasteiger partial charge in [-0.05, 0) is 49.6 Å². The predicted octanol–water partition coefficient (Wildman–Crippen LogP) is 3.11. The van der Waals surface area contributed by atoms with Gasteiger partial charge in [0.1, 0.15) is 0 Å². The fourth-order valence-electron chi connectivity index (χ4n) is 4.11. The Balaban J connectivity index is 1.68. The van der Waals surface area contributed by atoms with Crippen LogP contribution in [0.15, 0.2) is 59.5 Å². The minimum Gasteiger partial charge on any atom is -0.350 e. The number of carbonyl (C=O) groups is 1. The van der Waals surface area contributed by atoms with Crippen molar-refractivity contribution >= 4 is 15.9 Å². The molecule has 1 N–H and O–H groups in total. The number of sulfonamides is 1. The van der Waals surface area contributed by atoms with Gasteiger partial charge in [0.15, 0.2) is 0 Å². The highest BCUT2D eigenvalue weighted by Gasteiger charge is 2.28. The molecule has 31 heavy (non-hydrogen) atoms. The zero-order valence-electron chi connectivity index (χ0n) is 18.8. The lowest BCUT2D eigenvalue weighted by Gasteiger charge is -2.31. The van der Waals surface area contributed by atoms with E-state index in [0.29, 0.717) is 31.7 Å². The van der Waals surface area contributed by atoms with E-state index in [2.05, 4.69) is 36.2 Å². The van der Waals surface area contributed by atoms with Crippen molar-refractivity contribution < 1.29 is 13.2 Å². The molecule has 1 heterocycles. The molecule has 1 aliphatic heterocycles. The summed E-state index contributed by atoms with van der Waals surface area (Å²) in [5.41, 5.74) is 1.48. The highest BCUT2D eigenvalue weighted by Crippen LogP contribution is 2.28. The molecule has 7 heteroatoms. The smallest absolute Gasteiger partial charge is 0.251 e. The fraction of sp³-hybridized carbons (Fsp3) is 0.458. The number of carbonyl (C=O) groups excluding carboxylic acids is 1. The van der Waals surface area contributed by atoms with Crippen molar-refractivity contribution in [2.45, 2.75) is 43.5 Å². The Morgan fingerprint density at radius 3 is 2.32 bits per heavy atom. The number of hydrogen-bond donors (Lipinski definition) is 1. The lowest BCUT2D eigenvalue weighted by molar-refractivity contribution is 0.0934. The van der Waals surface area contributed by atoms with Gasteiger partial charge in [0.2, 0.25) is 10.0 Å². The monoisotopic (exact) mass is 443 g/mol. The zero-order valence-corrected chi connectivity index (χ0v) is 19.7. The molecule has 0 saturated carbocycles. The average molecular weight is 444 g/mol. The van der Waals surface area contributed by atoms with Crippen LogP contribution in [0, 0.1) is 0 Å². The molecule has 6 nitrogen and oxygen atoms in total. The molecule has 1 fully saturated rings. The van der Waals surface area contributed by atoms with Gasteiger partial charge in [-0.1, -0.05) is 50.2 Å². The van der Waals surface area contributed by atoms with Gasteiger partial charge >= 0.3 is 0 Å². The quantitative estimate of drug-likeness (QED) is 0.714. The summed E-state index contributed by atoms with van der Waals surface area (Å²) in [6.45, 7) is 8.62. The van der Waals surface area contributed by atoms with Crippen LogP contribution in [-0.4, -0.2) is 62.8 Å². The van der Waals surface area contributed by atoms with Crippen LogP contribution < -0.4 is 5.32 Å². The van der Waals surface area contributed by atoms with E-state index in [1.807, 2.05) is 32.2 Å². The Bertz CT molecular complexity index is 998. The van der Waals surface area contributed by atoms with Crippen molar-refractivity contribution in [2.24, 2.45) is 0 Å². The van der Waals surface area contributed by atoms with Gasteiger partial charge in [-0.25, -0.2) is 8.42 Å². The van der Waals surface area contributed by atoms with Crippen LogP contribution in [-0.2, 0) is 15.4 Å². The van der Waals surface area contributed by atoms with Crippen molar-refractivity contribution in [3.63, 3.8) is 0 Å². The number of nitrogens with zero attached hydrogens (tertiary/aromatic N) is 2. The first-order valence-corrected chi connectivity index (χ1v) is 12.2. The summed E-state index contributed by atoms with van der Waals surface area (Å²) >= 11 is 0. The molecule has 0 aliphatic carbocycles. The number of hydrogen-bond acceptors (Lipinski definition) is 4. The van der Waals surface area contributed by atoms with Crippen molar-refractivity contribution in [1.29, 1.82) is 0 Å². The zero-order chi connectivity index (χ0) is 22.6. The second kappa shape index (κ2) is 9.51. The largest absolute Gasteiger partial charge is 0.350 e. The van der Waals surface area contributed by atoms with E-state index in [0.717, 1.165) is 6.42 Å². The molecule has 0 bridgehead atoms. The third-order valence-electron chi connectivity index (χ3n) is 5.95. The van der Waals surface area contributed by atoms with Gasteiger partial charge in [0, 0.05) is 37.8 Å². The molecule has 3 rings (SSSR count). The molecule has 1 amide bonds. The summed E-state index contributed by atoms with van der Waals surface area (Å²) < 4.78 is 27.5. The van der Waals surface area contributed by atoms with Gasteiger partial charge in [-0.3, -0.25) is 4.79 Å². The Kier molecular flexibility index (Phi) is 7.19. The highest BCUT2D eigenvalue weighted by molar-refractivity contribution is 7.89. The normalized spacial score (nSPS) is 17.3. The van der Waals surface area contributed by atoms with Gasteiger partial charge < -0.3 is 10.2 Å². The van der Waals surface area contributed by atoms with E-state index < -0.39 is 10.0 Å². The molecule has 0 unspecified atom stereocenters. The second-order valence-corrected chi connectivity index (χ2v) is 11.0. The Morgan fingerprint density at radius 2 is 1.68 bits per heavy atom. The maximum Gasteiger partial charge on any atom is 0.251 e. The lowest BCUT2D eigenvalue weighted by Crippen LogP contribution is -2.47. The number of nitrogens with one attached hydrogen (secondary N) is 1. The van der Waals surface area contributed by atoms with Crippen LogP contribution in [0.3, 0.4) is 0 Å². The first-order valence-electron chi connectivity index (χ1n) is 10.7. The number of rotatable bonds is 7. The Hall–Kier alpha value is -2.22. The molecule has 2 aromatic carbocycles. The van der Waals surface area contributed by atoms with Gasteiger partial charge in [-0.2, -0.15) is 4.31 Å². The lowest BCUT2D eigenvalue weighted by atomic mass is 9.79. The van der Waals surface area contributed by atoms with Crippen LogP contribution in [0.25, 0.3) is 0 Å². The highest BCUT2D eigenvalue weighted by atomic mass is 32.2. The summed E-state index contributed by atoms with van der Waals surface area (Å²) in [4.78, 5) is 15.1. The maximum atomic E-state index is 13.0. The number of piperazine rings is 1. The van der Waals surface area contributed by atoms with Crippen LogP contribution in [0.4, 0.5) is 0 Å². The van der Waals surface area contributed by atoms with E-state index >= 15 is 0 Å². The predicted molar refractivity (Wildman–Crippen MR) is 124 cm³/mol. The van der Waals surface area contributed by atoms with Gasteiger partial charge in [-0.15, -0.1) is 0 Å². The molecule has 1 aliphatic rings. The van der Waals surface area contributed by atoms with Crippen molar-refractivity contribution in [3.05, 3.63) is 65.7 Å².